The number of fused-ring (bicyclic) bond motifs is 1. The van der Waals surface area contributed by atoms with Crippen molar-refractivity contribution >= 4 is 22.2 Å². The lowest BCUT2D eigenvalue weighted by Gasteiger charge is -2.17. The fourth-order valence-electron chi connectivity index (χ4n) is 1.88. The Labute approximate surface area is 105 Å². The van der Waals surface area contributed by atoms with Gasteiger partial charge in [0.2, 0.25) is 0 Å². The summed E-state index contributed by atoms with van der Waals surface area (Å²) in [6.07, 6.45) is 1.65. The molecule has 0 unspecified atom stereocenters. The summed E-state index contributed by atoms with van der Waals surface area (Å²) in [6, 6.07) is 0.145. The van der Waals surface area contributed by atoms with Gasteiger partial charge in [0, 0.05) is 16.3 Å². The van der Waals surface area contributed by atoms with Gasteiger partial charge in [-0.3, -0.25) is 9.36 Å². The standard InChI is InChI=1S/C13H18N2OS/c1-8(2)15-7-14-9-6-17-11(13(3,4)5)10(9)12(15)16/h6-8H,1-5H3. The van der Waals surface area contributed by atoms with Crippen molar-refractivity contribution in [1.29, 1.82) is 0 Å². The smallest absolute Gasteiger partial charge is 0.262 e. The molecule has 4 heteroatoms. The lowest BCUT2D eigenvalue weighted by molar-refractivity contribution is 0.570. The van der Waals surface area contributed by atoms with E-state index in [1.54, 1.807) is 22.2 Å². The maximum atomic E-state index is 12.4. The minimum absolute atomic E-state index is 0.0105. The number of rotatable bonds is 1. The van der Waals surface area contributed by atoms with Crippen LogP contribution in [0.3, 0.4) is 0 Å². The van der Waals surface area contributed by atoms with E-state index in [9.17, 15) is 4.79 Å². The Kier molecular flexibility index (Phi) is 2.86. The van der Waals surface area contributed by atoms with Gasteiger partial charge in [-0.15, -0.1) is 11.3 Å². The third-order valence-electron chi connectivity index (χ3n) is 2.78. The molecule has 0 fully saturated rings. The first kappa shape index (κ1) is 12.3. The van der Waals surface area contributed by atoms with Crippen LogP contribution in [0.2, 0.25) is 0 Å². The molecule has 2 rings (SSSR count). The molecule has 0 saturated carbocycles. The molecule has 92 valence electrons. The molecule has 0 bridgehead atoms. The Bertz CT molecular complexity index is 602. The van der Waals surface area contributed by atoms with Crippen LogP contribution in [0.1, 0.15) is 45.5 Å². The van der Waals surface area contributed by atoms with Gasteiger partial charge in [-0.1, -0.05) is 20.8 Å². The highest BCUT2D eigenvalue weighted by Crippen LogP contribution is 2.32. The average Bonchev–Trinajstić information content (AvgIpc) is 2.61. The van der Waals surface area contributed by atoms with Gasteiger partial charge in [-0.05, 0) is 19.3 Å². The van der Waals surface area contributed by atoms with Gasteiger partial charge in [0.25, 0.3) is 5.56 Å². The summed E-state index contributed by atoms with van der Waals surface area (Å²) in [4.78, 5) is 17.9. The summed E-state index contributed by atoms with van der Waals surface area (Å²) in [6.45, 7) is 10.4. The zero-order valence-electron chi connectivity index (χ0n) is 10.9. The van der Waals surface area contributed by atoms with Gasteiger partial charge in [0.05, 0.1) is 17.2 Å². The van der Waals surface area contributed by atoms with Crippen LogP contribution in [-0.4, -0.2) is 9.55 Å². The molecule has 0 aliphatic rings. The van der Waals surface area contributed by atoms with E-state index in [0.717, 1.165) is 15.8 Å². The largest absolute Gasteiger partial charge is 0.296 e. The fourth-order valence-corrected chi connectivity index (χ4v) is 2.95. The number of nitrogens with zero attached hydrogens (tertiary/aromatic N) is 2. The monoisotopic (exact) mass is 250 g/mol. The first-order valence-corrected chi connectivity index (χ1v) is 6.69. The minimum Gasteiger partial charge on any atom is -0.296 e. The molecule has 0 aromatic carbocycles. The quantitative estimate of drug-likeness (QED) is 0.778. The van der Waals surface area contributed by atoms with E-state index in [2.05, 4.69) is 25.8 Å². The lowest BCUT2D eigenvalue weighted by atomic mass is 9.93. The van der Waals surface area contributed by atoms with Crippen molar-refractivity contribution in [3.63, 3.8) is 0 Å². The number of thiophene rings is 1. The van der Waals surface area contributed by atoms with E-state index >= 15 is 0 Å². The van der Waals surface area contributed by atoms with Gasteiger partial charge in [0.15, 0.2) is 0 Å². The second-order valence-corrected chi connectivity index (χ2v) is 6.51. The number of aromatic nitrogens is 2. The molecule has 0 saturated heterocycles. The van der Waals surface area contributed by atoms with Crippen LogP contribution in [0.15, 0.2) is 16.5 Å². The molecule has 0 atom stereocenters. The van der Waals surface area contributed by atoms with Crippen LogP contribution >= 0.6 is 11.3 Å². The Morgan fingerprint density at radius 2 is 2.00 bits per heavy atom. The molecule has 2 aromatic heterocycles. The van der Waals surface area contributed by atoms with Gasteiger partial charge in [-0.2, -0.15) is 0 Å². The van der Waals surface area contributed by atoms with Crippen molar-refractivity contribution in [2.45, 2.75) is 46.1 Å². The topological polar surface area (TPSA) is 34.9 Å². The molecule has 0 N–H and O–H groups in total. The highest BCUT2D eigenvalue weighted by atomic mass is 32.1. The lowest BCUT2D eigenvalue weighted by Crippen LogP contribution is -2.24. The van der Waals surface area contributed by atoms with E-state index in [1.165, 1.54) is 0 Å². The van der Waals surface area contributed by atoms with Crippen molar-refractivity contribution in [3.8, 4) is 0 Å². The summed E-state index contributed by atoms with van der Waals surface area (Å²) in [5.41, 5.74) is 0.890. The van der Waals surface area contributed by atoms with Crippen LogP contribution < -0.4 is 5.56 Å². The normalized spacial score (nSPS) is 12.6. The van der Waals surface area contributed by atoms with E-state index in [-0.39, 0.29) is 17.0 Å². The Morgan fingerprint density at radius 1 is 1.35 bits per heavy atom. The van der Waals surface area contributed by atoms with Crippen molar-refractivity contribution in [3.05, 3.63) is 26.9 Å². The van der Waals surface area contributed by atoms with Crippen LogP contribution in [0.5, 0.6) is 0 Å². The first-order chi connectivity index (χ1) is 7.82. The summed E-state index contributed by atoms with van der Waals surface area (Å²) < 4.78 is 1.70. The van der Waals surface area contributed by atoms with Gasteiger partial charge in [-0.25, -0.2) is 4.98 Å². The molecule has 3 nitrogen and oxygen atoms in total. The third-order valence-corrected chi connectivity index (χ3v) is 4.17. The van der Waals surface area contributed by atoms with Gasteiger partial charge in [0.1, 0.15) is 0 Å². The minimum atomic E-state index is -0.0105. The zero-order valence-corrected chi connectivity index (χ0v) is 11.8. The van der Waals surface area contributed by atoms with E-state index in [1.807, 2.05) is 19.2 Å². The molecule has 0 spiro atoms. The molecule has 0 aliphatic heterocycles. The van der Waals surface area contributed by atoms with Crippen LogP contribution in [0, 0.1) is 0 Å². The second kappa shape index (κ2) is 3.95. The van der Waals surface area contributed by atoms with Crippen molar-refractivity contribution in [2.24, 2.45) is 0 Å². The molecule has 0 aliphatic carbocycles. The predicted octanol–water partition coefficient (Wildman–Crippen LogP) is 3.34. The molecule has 2 aromatic rings. The van der Waals surface area contributed by atoms with Crippen molar-refractivity contribution in [2.75, 3.05) is 0 Å². The maximum absolute atomic E-state index is 12.4. The average molecular weight is 250 g/mol. The summed E-state index contributed by atoms with van der Waals surface area (Å²) in [7, 11) is 0. The second-order valence-electron chi connectivity index (χ2n) is 5.63. The van der Waals surface area contributed by atoms with Crippen LogP contribution in [0.25, 0.3) is 10.9 Å². The first-order valence-electron chi connectivity index (χ1n) is 5.81. The summed E-state index contributed by atoms with van der Waals surface area (Å²) >= 11 is 1.63. The Hall–Kier alpha value is -1.16. The SMILES string of the molecule is CC(C)n1cnc2csc(C(C)(C)C)c2c1=O. The molecular formula is C13H18N2OS. The van der Waals surface area contributed by atoms with Crippen LogP contribution in [-0.2, 0) is 5.41 Å². The van der Waals surface area contributed by atoms with Crippen LogP contribution in [0.4, 0.5) is 0 Å². The molecule has 17 heavy (non-hydrogen) atoms. The van der Waals surface area contributed by atoms with E-state index in [0.29, 0.717) is 0 Å². The molecular weight excluding hydrogens is 232 g/mol. The van der Waals surface area contributed by atoms with E-state index < -0.39 is 0 Å². The summed E-state index contributed by atoms with van der Waals surface area (Å²) in [5.74, 6) is 0. The predicted molar refractivity (Wildman–Crippen MR) is 73.0 cm³/mol. The summed E-state index contributed by atoms with van der Waals surface area (Å²) in [5, 5.41) is 2.76. The van der Waals surface area contributed by atoms with Gasteiger partial charge >= 0.3 is 0 Å². The highest BCUT2D eigenvalue weighted by molar-refractivity contribution is 7.11. The number of hydrogen-bond acceptors (Lipinski definition) is 3. The Morgan fingerprint density at radius 3 is 2.53 bits per heavy atom. The molecule has 2 heterocycles. The highest BCUT2D eigenvalue weighted by Gasteiger charge is 2.22. The molecule has 0 radical (unpaired) electrons. The van der Waals surface area contributed by atoms with Crippen molar-refractivity contribution < 1.29 is 0 Å². The maximum Gasteiger partial charge on any atom is 0.262 e. The number of hydrogen-bond donors (Lipinski definition) is 0. The molecule has 0 amide bonds. The third kappa shape index (κ3) is 2.02. The zero-order chi connectivity index (χ0) is 12.8. The van der Waals surface area contributed by atoms with Crippen molar-refractivity contribution in [1.82, 2.24) is 9.55 Å². The van der Waals surface area contributed by atoms with E-state index in [4.69, 9.17) is 0 Å². The fraction of sp³-hybridized carbons (Fsp3) is 0.538. The Balaban J connectivity index is 2.83. The van der Waals surface area contributed by atoms with Gasteiger partial charge < -0.3 is 0 Å².